The minimum atomic E-state index is -0.314. The third-order valence-electron chi connectivity index (χ3n) is 2.09. The molecule has 4 heteroatoms. The summed E-state index contributed by atoms with van der Waals surface area (Å²) < 4.78 is 0. The molecule has 1 atom stereocenters. The van der Waals surface area contributed by atoms with E-state index in [1.165, 1.54) is 0 Å². The van der Waals surface area contributed by atoms with Gasteiger partial charge in [0.15, 0.2) is 0 Å². The Morgan fingerprint density at radius 1 is 1.75 bits per heavy atom. The van der Waals surface area contributed by atoms with Crippen molar-refractivity contribution in [2.75, 3.05) is 13.2 Å². The Labute approximate surface area is 76.3 Å². The Kier molecular flexibility index (Phi) is 2.82. The van der Waals surface area contributed by atoms with E-state index in [1.54, 1.807) is 16.8 Å². The number of aliphatic hydroxyl groups excluding tert-OH is 1. The number of aryl methyl sites for hydroxylation is 1. The van der Waals surface area contributed by atoms with Crippen molar-refractivity contribution in [3.63, 3.8) is 0 Å². The quantitative estimate of drug-likeness (QED) is 0.729. The van der Waals surface area contributed by atoms with Gasteiger partial charge in [-0.05, 0) is 6.92 Å². The number of thiazole rings is 1. The van der Waals surface area contributed by atoms with Gasteiger partial charge >= 0.3 is 0 Å². The Morgan fingerprint density at radius 2 is 2.42 bits per heavy atom. The molecule has 3 nitrogen and oxygen atoms in total. The van der Waals surface area contributed by atoms with Crippen LogP contribution in [0.2, 0.25) is 0 Å². The molecule has 0 aliphatic carbocycles. The molecule has 0 aromatic carbocycles. The molecule has 0 saturated heterocycles. The van der Waals surface area contributed by atoms with Gasteiger partial charge in [0.25, 0.3) is 0 Å². The lowest BCUT2D eigenvalue weighted by Crippen LogP contribution is -2.35. The molecular weight excluding hydrogens is 172 g/mol. The Morgan fingerprint density at radius 3 is 2.75 bits per heavy atom. The van der Waals surface area contributed by atoms with E-state index in [0.29, 0.717) is 6.54 Å². The first-order valence-electron chi connectivity index (χ1n) is 3.85. The number of aromatic nitrogens is 1. The van der Waals surface area contributed by atoms with Crippen molar-refractivity contribution in [1.29, 1.82) is 0 Å². The van der Waals surface area contributed by atoms with Crippen LogP contribution in [0, 0.1) is 6.92 Å². The molecule has 0 aliphatic heterocycles. The normalized spacial score (nSPS) is 16.0. The monoisotopic (exact) mass is 186 g/mol. The Bertz CT molecular complexity index is 255. The number of hydrogen-bond donors (Lipinski definition) is 2. The van der Waals surface area contributed by atoms with E-state index in [0.717, 1.165) is 10.6 Å². The summed E-state index contributed by atoms with van der Waals surface area (Å²) in [7, 11) is 0. The van der Waals surface area contributed by atoms with Gasteiger partial charge in [-0.2, -0.15) is 0 Å². The highest BCUT2D eigenvalue weighted by atomic mass is 32.1. The molecule has 12 heavy (non-hydrogen) atoms. The van der Waals surface area contributed by atoms with Crippen LogP contribution in [0.25, 0.3) is 0 Å². The standard InChI is InChI=1S/C8H14N2OS/c1-6-7(12-5-10-6)8(2,3-9)4-11/h5,11H,3-4,9H2,1-2H3. The maximum atomic E-state index is 9.18. The molecule has 1 rings (SSSR count). The fourth-order valence-electron chi connectivity index (χ4n) is 1.11. The molecule has 1 unspecified atom stereocenters. The summed E-state index contributed by atoms with van der Waals surface area (Å²) in [5.74, 6) is 0. The zero-order valence-corrected chi connectivity index (χ0v) is 8.19. The maximum absolute atomic E-state index is 9.18. The summed E-state index contributed by atoms with van der Waals surface area (Å²) in [6.45, 7) is 4.42. The fourth-order valence-corrected chi connectivity index (χ4v) is 2.08. The van der Waals surface area contributed by atoms with Gasteiger partial charge in [-0.15, -0.1) is 11.3 Å². The molecule has 0 fully saturated rings. The molecule has 68 valence electrons. The molecule has 0 radical (unpaired) electrons. The zero-order chi connectivity index (χ0) is 9.19. The highest BCUT2D eigenvalue weighted by Crippen LogP contribution is 2.28. The van der Waals surface area contributed by atoms with Crippen molar-refractivity contribution in [3.8, 4) is 0 Å². The second-order valence-electron chi connectivity index (χ2n) is 3.19. The van der Waals surface area contributed by atoms with E-state index in [-0.39, 0.29) is 12.0 Å². The number of aliphatic hydroxyl groups is 1. The van der Waals surface area contributed by atoms with E-state index in [1.807, 2.05) is 13.8 Å². The fraction of sp³-hybridized carbons (Fsp3) is 0.625. The van der Waals surface area contributed by atoms with Crippen LogP contribution >= 0.6 is 11.3 Å². The van der Waals surface area contributed by atoms with E-state index in [4.69, 9.17) is 5.73 Å². The second-order valence-corrected chi connectivity index (χ2v) is 4.04. The topological polar surface area (TPSA) is 59.1 Å². The smallest absolute Gasteiger partial charge is 0.0797 e. The van der Waals surface area contributed by atoms with Gasteiger partial charge in [-0.1, -0.05) is 6.92 Å². The van der Waals surface area contributed by atoms with Gasteiger partial charge in [0.1, 0.15) is 0 Å². The third kappa shape index (κ3) is 1.50. The number of nitrogens with two attached hydrogens (primary N) is 1. The van der Waals surface area contributed by atoms with Crippen LogP contribution in [0.1, 0.15) is 17.5 Å². The largest absolute Gasteiger partial charge is 0.395 e. The minimum absolute atomic E-state index is 0.0759. The first kappa shape index (κ1) is 9.64. The van der Waals surface area contributed by atoms with Crippen LogP contribution in [-0.4, -0.2) is 23.2 Å². The van der Waals surface area contributed by atoms with E-state index in [9.17, 15) is 5.11 Å². The Balaban J connectivity index is 3.02. The van der Waals surface area contributed by atoms with Gasteiger partial charge in [0, 0.05) is 16.8 Å². The molecule has 0 saturated carbocycles. The van der Waals surface area contributed by atoms with Gasteiger partial charge in [0.2, 0.25) is 0 Å². The van der Waals surface area contributed by atoms with Crippen molar-refractivity contribution < 1.29 is 5.11 Å². The number of nitrogens with zero attached hydrogens (tertiary/aromatic N) is 1. The minimum Gasteiger partial charge on any atom is -0.395 e. The molecule has 1 heterocycles. The van der Waals surface area contributed by atoms with Crippen LogP contribution in [-0.2, 0) is 5.41 Å². The number of rotatable bonds is 3. The summed E-state index contributed by atoms with van der Waals surface area (Å²) in [5.41, 5.74) is 8.04. The number of hydrogen-bond acceptors (Lipinski definition) is 4. The van der Waals surface area contributed by atoms with Crippen LogP contribution in [0.4, 0.5) is 0 Å². The maximum Gasteiger partial charge on any atom is 0.0797 e. The summed E-state index contributed by atoms with van der Waals surface area (Å²) in [6, 6.07) is 0. The zero-order valence-electron chi connectivity index (χ0n) is 7.37. The van der Waals surface area contributed by atoms with Crippen molar-refractivity contribution in [1.82, 2.24) is 4.98 Å². The lowest BCUT2D eigenvalue weighted by Gasteiger charge is -2.24. The SMILES string of the molecule is Cc1ncsc1C(C)(CN)CO. The van der Waals surface area contributed by atoms with Gasteiger partial charge in [0.05, 0.1) is 17.8 Å². The van der Waals surface area contributed by atoms with Crippen LogP contribution in [0.3, 0.4) is 0 Å². The van der Waals surface area contributed by atoms with Crippen LogP contribution < -0.4 is 5.73 Å². The van der Waals surface area contributed by atoms with Crippen LogP contribution in [0.15, 0.2) is 5.51 Å². The van der Waals surface area contributed by atoms with Gasteiger partial charge in [-0.3, -0.25) is 0 Å². The summed E-state index contributed by atoms with van der Waals surface area (Å²) >= 11 is 1.55. The molecule has 0 bridgehead atoms. The van der Waals surface area contributed by atoms with Crippen molar-refractivity contribution in [2.24, 2.45) is 5.73 Å². The van der Waals surface area contributed by atoms with Crippen molar-refractivity contribution >= 4 is 11.3 Å². The van der Waals surface area contributed by atoms with Crippen LogP contribution in [0.5, 0.6) is 0 Å². The second kappa shape index (κ2) is 3.51. The highest BCUT2D eigenvalue weighted by molar-refractivity contribution is 7.09. The van der Waals surface area contributed by atoms with Gasteiger partial charge in [-0.25, -0.2) is 4.98 Å². The van der Waals surface area contributed by atoms with Crippen molar-refractivity contribution in [3.05, 3.63) is 16.1 Å². The summed E-state index contributed by atoms with van der Waals surface area (Å²) in [4.78, 5) is 5.22. The van der Waals surface area contributed by atoms with E-state index < -0.39 is 0 Å². The van der Waals surface area contributed by atoms with E-state index in [2.05, 4.69) is 4.98 Å². The van der Waals surface area contributed by atoms with Crippen molar-refractivity contribution in [2.45, 2.75) is 19.3 Å². The first-order chi connectivity index (χ1) is 5.64. The molecule has 3 N–H and O–H groups in total. The lowest BCUT2D eigenvalue weighted by atomic mass is 9.89. The molecule has 0 spiro atoms. The average Bonchev–Trinajstić information content (AvgIpc) is 2.51. The van der Waals surface area contributed by atoms with E-state index >= 15 is 0 Å². The molecule has 0 amide bonds. The van der Waals surface area contributed by atoms with Gasteiger partial charge < -0.3 is 10.8 Å². The lowest BCUT2D eigenvalue weighted by molar-refractivity contribution is 0.212. The highest BCUT2D eigenvalue weighted by Gasteiger charge is 2.27. The first-order valence-corrected chi connectivity index (χ1v) is 4.73. The summed E-state index contributed by atoms with van der Waals surface area (Å²) in [5, 5.41) is 9.18. The molecular formula is C8H14N2OS. The predicted molar refractivity (Wildman–Crippen MR) is 50.3 cm³/mol. The Hall–Kier alpha value is -0.450. The molecule has 1 aromatic heterocycles. The third-order valence-corrected chi connectivity index (χ3v) is 3.33. The molecule has 0 aliphatic rings. The summed E-state index contributed by atoms with van der Waals surface area (Å²) in [6.07, 6.45) is 0. The predicted octanol–water partition coefficient (Wildman–Crippen LogP) is 0.660. The average molecular weight is 186 g/mol. The molecule has 1 aromatic rings.